The molecule has 154 valence electrons. The Kier molecular flexibility index (Phi) is 4.23. The van der Waals surface area contributed by atoms with Gasteiger partial charge in [-0.25, -0.2) is 4.39 Å². The molecule has 0 heterocycles. The number of halogens is 1. The third kappa shape index (κ3) is 2.31. The quantitative estimate of drug-likeness (QED) is 0.686. The summed E-state index contributed by atoms with van der Waals surface area (Å²) in [5.41, 5.74) is -4.19. The minimum Gasteiger partial charge on any atom is -0.481 e. The second kappa shape index (κ2) is 5.99. The van der Waals surface area contributed by atoms with Gasteiger partial charge in [0.25, 0.3) is 0 Å². The van der Waals surface area contributed by atoms with Gasteiger partial charge in [0.05, 0.1) is 11.7 Å². The Bertz CT molecular complexity index is 790. The molecule has 4 aliphatic rings. The van der Waals surface area contributed by atoms with E-state index in [2.05, 4.69) is 0 Å². The minimum atomic E-state index is -1.91. The van der Waals surface area contributed by atoms with Gasteiger partial charge in [-0.05, 0) is 49.7 Å². The summed E-state index contributed by atoms with van der Waals surface area (Å²) in [7, 11) is 0. The van der Waals surface area contributed by atoms with Crippen molar-refractivity contribution in [3.8, 4) is 0 Å². The molecule has 5 nitrogen and oxygen atoms in total. The molecule has 4 rings (SSSR count). The zero-order valence-electron chi connectivity index (χ0n) is 16.4. The number of allylic oxidation sites excluding steroid dienone is 4. The van der Waals surface area contributed by atoms with Gasteiger partial charge in [-0.2, -0.15) is 0 Å². The predicted molar refractivity (Wildman–Crippen MR) is 100 cm³/mol. The molecule has 6 heteroatoms. The second-order valence-corrected chi connectivity index (χ2v) is 9.76. The SMILES string of the molecule is C[C@]12CCC(=O)C=C1C=C[C@H]1[C@@H]3CC[C@](O)(CCC(=O)O)[C@@]3(C)CC(O)[C@@]12F. The number of carbonyl (C=O) groups excluding carboxylic acids is 1. The number of carboxylic acids is 1. The van der Waals surface area contributed by atoms with E-state index >= 15 is 4.39 Å². The molecule has 0 radical (unpaired) electrons. The van der Waals surface area contributed by atoms with Crippen molar-refractivity contribution in [3.63, 3.8) is 0 Å². The number of hydrogen-bond donors (Lipinski definition) is 3. The molecule has 1 unspecified atom stereocenters. The van der Waals surface area contributed by atoms with E-state index in [-0.39, 0.29) is 37.4 Å². The third-order valence-corrected chi connectivity index (χ3v) is 8.68. The summed E-state index contributed by atoms with van der Waals surface area (Å²) in [5, 5.41) is 31.5. The number of fused-ring (bicyclic) bond motifs is 5. The smallest absolute Gasteiger partial charge is 0.303 e. The molecule has 0 amide bonds. The topological polar surface area (TPSA) is 94.8 Å². The fourth-order valence-corrected chi connectivity index (χ4v) is 6.83. The van der Waals surface area contributed by atoms with Crippen molar-refractivity contribution < 1.29 is 29.3 Å². The van der Waals surface area contributed by atoms with Gasteiger partial charge >= 0.3 is 5.97 Å². The van der Waals surface area contributed by atoms with Gasteiger partial charge in [0.15, 0.2) is 11.5 Å². The lowest BCUT2D eigenvalue weighted by Gasteiger charge is -2.62. The third-order valence-electron chi connectivity index (χ3n) is 8.68. The first-order valence-corrected chi connectivity index (χ1v) is 10.2. The Morgan fingerprint density at radius 2 is 2.04 bits per heavy atom. The number of alkyl halides is 1. The molecular weight excluding hydrogens is 363 g/mol. The van der Waals surface area contributed by atoms with Crippen LogP contribution in [-0.4, -0.2) is 44.4 Å². The zero-order valence-corrected chi connectivity index (χ0v) is 16.4. The molecule has 0 bridgehead atoms. The summed E-state index contributed by atoms with van der Waals surface area (Å²) in [6.07, 6.45) is 5.49. The molecule has 0 aromatic heterocycles. The molecule has 0 aromatic rings. The fourth-order valence-electron chi connectivity index (χ4n) is 6.83. The van der Waals surface area contributed by atoms with E-state index < -0.39 is 40.1 Å². The summed E-state index contributed by atoms with van der Waals surface area (Å²) in [6, 6.07) is 0. The lowest BCUT2D eigenvalue weighted by atomic mass is 9.45. The highest BCUT2D eigenvalue weighted by Crippen LogP contribution is 2.69. The number of ketones is 1. The first-order chi connectivity index (χ1) is 13.0. The lowest BCUT2D eigenvalue weighted by molar-refractivity contribution is -0.211. The molecule has 3 N–H and O–H groups in total. The van der Waals surface area contributed by atoms with Crippen LogP contribution in [-0.2, 0) is 9.59 Å². The first kappa shape index (κ1) is 19.8. The zero-order chi connectivity index (χ0) is 20.5. The average Bonchev–Trinajstić information content (AvgIpc) is 2.87. The van der Waals surface area contributed by atoms with Crippen LogP contribution in [0.5, 0.6) is 0 Å². The highest BCUT2D eigenvalue weighted by atomic mass is 19.1. The summed E-state index contributed by atoms with van der Waals surface area (Å²) in [4.78, 5) is 22.9. The monoisotopic (exact) mass is 392 g/mol. The van der Waals surface area contributed by atoms with Crippen molar-refractivity contribution in [2.24, 2.45) is 22.7 Å². The first-order valence-electron chi connectivity index (χ1n) is 10.2. The Morgan fingerprint density at radius 1 is 1.32 bits per heavy atom. The van der Waals surface area contributed by atoms with Crippen molar-refractivity contribution >= 4 is 11.8 Å². The Labute approximate surface area is 164 Å². The van der Waals surface area contributed by atoms with Crippen LogP contribution in [0.1, 0.15) is 58.8 Å². The van der Waals surface area contributed by atoms with Crippen molar-refractivity contribution in [3.05, 3.63) is 23.8 Å². The van der Waals surface area contributed by atoms with E-state index in [1.165, 1.54) is 6.08 Å². The maximum absolute atomic E-state index is 16.8. The van der Waals surface area contributed by atoms with E-state index in [9.17, 15) is 19.8 Å². The molecular formula is C22H29FO5. The summed E-state index contributed by atoms with van der Waals surface area (Å²) < 4.78 is 16.8. The highest BCUT2D eigenvalue weighted by molar-refractivity contribution is 5.92. The highest BCUT2D eigenvalue weighted by Gasteiger charge is 2.72. The Hall–Kier alpha value is -1.53. The van der Waals surface area contributed by atoms with Crippen LogP contribution < -0.4 is 0 Å². The van der Waals surface area contributed by atoms with Gasteiger partial charge in [0.2, 0.25) is 0 Å². The van der Waals surface area contributed by atoms with Crippen LogP contribution >= 0.6 is 0 Å². The number of aliphatic hydroxyl groups excluding tert-OH is 1. The standard InChI is InChI=1S/C22H29FO5/c1-19-8-5-14(24)11-13(19)3-4-16-15-6-9-21(28,10-7-18(26)27)20(15,2)12-17(25)22(16,19)23/h3-4,11,15-17,25,28H,5-10,12H2,1-2H3,(H,26,27)/t15-,16-,17?,19-,20-,21-,22-/m0/s1. The Morgan fingerprint density at radius 3 is 2.71 bits per heavy atom. The largest absolute Gasteiger partial charge is 0.481 e. The van der Waals surface area contributed by atoms with Crippen LogP contribution in [0, 0.1) is 22.7 Å². The molecule has 0 aromatic carbocycles. The van der Waals surface area contributed by atoms with Gasteiger partial charge in [0, 0.05) is 29.6 Å². The minimum absolute atomic E-state index is 0.0155. The van der Waals surface area contributed by atoms with E-state index in [0.29, 0.717) is 24.8 Å². The molecule has 7 atom stereocenters. The molecule has 28 heavy (non-hydrogen) atoms. The molecule has 2 fully saturated rings. The van der Waals surface area contributed by atoms with E-state index in [0.717, 1.165) is 0 Å². The maximum atomic E-state index is 16.8. The number of carboxylic acid groups (broad SMARTS) is 1. The van der Waals surface area contributed by atoms with Crippen LogP contribution in [0.25, 0.3) is 0 Å². The van der Waals surface area contributed by atoms with E-state index in [4.69, 9.17) is 5.11 Å². The van der Waals surface area contributed by atoms with Gasteiger partial charge in [0.1, 0.15) is 0 Å². The normalized spacial score (nSPS) is 49.8. The molecule has 0 saturated heterocycles. The number of hydrogen-bond acceptors (Lipinski definition) is 4. The summed E-state index contributed by atoms with van der Waals surface area (Å²) in [5.74, 6) is -1.75. The average molecular weight is 392 g/mol. The fraction of sp³-hybridized carbons (Fsp3) is 0.727. The predicted octanol–water partition coefficient (Wildman–Crippen LogP) is 2.95. The van der Waals surface area contributed by atoms with Gasteiger partial charge in [-0.15, -0.1) is 0 Å². The summed E-state index contributed by atoms with van der Waals surface area (Å²) in [6.45, 7) is 3.68. The molecule has 2 saturated carbocycles. The number of aliphatic carboxylic acids is 1. The van der Waals surface area contributed by atoms with Gasteiger partial charge < -0.3 is 15.3 Å². The van der Waals surface area contributed by atoms with Crippen molar-refractivity contribution in [2.75, 3.05) is 0 Å². The van der Waals surface area contributed by atoms with Crippen LogP contribution in [0.4, 0.5) is 4.39 Å². The van der Waals surface area contributed by atoms with Crippen molar-refractivity contribution in [1.82, 2.24) is 0 Å². The van der Waals surface area contributed by atoms with E-state index in [1.807, 2.05) is 13.0 Å². The number of carbonyl (C=O) groups is 2. The van der Waals surface area contributed by atoms with Crippen LogP contribution in [0.3, 0.4) is 0 Å². The second-order valence-electron chi connectivity index (χ2n) is 9.76. The van der Waals surface area contributed by atoms with Crippen molar-refractivity contribution in [1.29, 1.82) is 0 Å². The molecule has 0 spiro atoms. The number of rotatable bonds is 3. The molecule has 0 aliphatic heterocycles. The Balaban J connectivity index is 1.77. The van der Waals surface area contributed by atoms with E-state index in [1.54, 1.807) is 13.0 Å². The lowest BCUT2D eigenvalue weighted by Crippen LogP contribution is -2.67. The van der Waals surface area contributed by atoms with Crippen LogP contribution in [0.15, 0.2) is 23.8 Å². The van der Waals surface area contributed by atoms with Gasteiger partial charge in [-0.3, -0.25) is 9.59 Å². The van der Waals surface area contributed by atoms with Gasteiger partial charge in [-0.1, -0.05) is 26.0 Å². The number of aliphatic hydroxyl groups is 2. The molecule has 4 aliphatic carbocycles. The summed E-state index contributed by atoms with van der Waals surface area (Å²) >= 11 is 0. The van der Waals surface area contributed by atoms with Crippen molar-refractivity contribution in [2.45, 2.75) is 76.2 Å². The maximum Gasteiger partial charge on any atom is 0.303 e. The van der Waals surface area contributed by atoms with Crippen LogP contribution in [0.2, 0.25) is 0 Å².